The summed E-state index contributed by atoms with van der Waals surface area (Å²) in [6.45, 7) is 0.281. The Balaban J connectivity index is 1.49. The molecule has 6 nitrogen and oxygen atoms in total. The molecule has 3 aromatic rings. The number of imidazole rings is 1. The van der Waals surface area contributed by atoms with Gasteiger partial charge in [0.05, 0.1) is 17.6 Å². The van der Waals surface area contributed by atoms with Crippen molar-refractivity contribution in [3.8, 4) is 0 Å². The Hall–Kier alpha value is -3.22. The molecule has 0 bridgehead atoms. The molecule has 0 atom stereocenters. The standard InChI is InChI=1S/C23H25FN4O2/c24-17-9-6-10-18(13-17)26-22(29)15-28-20-12-5-4-11-19(20)27-21(28)14-25-23(30)16-7-2-1-3-8-16/h4-6,9-13,16H,1-3,7-8,14-15H2,(H,25,30)(H,26,29). The lowest BCUT2D eigenvalue weighted by atomic mass is 9.89. The summed E-state index contributed by atoms with van der Waals surface area (Å²) in [4.78, 5) is 29.7. The van der Waals surface area contributed by atoms with Gasteiger partial charge in [-0.1, -0.05) is 37.5 Å². The number of benzene rings is 2. The third-order valence-electron chi connectivity index (χ3n) is 5.54. The van der Waals surface area contributed by atoms with Crippen molar-refractivity contribution < 1.29 is 14.0 Å². The lowest BCUT2D eigenvalue weighted by Gasteiger charge is -2.20. The van der Waals surface area contributed by atoms with E-state index in [4.69, 9.17) is 0 Å². The Labute approximate surface area is 174 Å². The summed E-state index contributed by atoms with van der Waals surface area (Å²) in [7, 11) is 0. The number of anilines is 1. The van der Waals surface area contributed by atoms with Crippen molar-refractivity contribution in [3.63, 3.8) is 0 Å². The molecule has 2 amide bonds. The molecule has 0 unspecified atom stereocenters. The van der Waals surface area contributed by atoms with Gasteiger partial charge >= 0.3 is 0 Å². The van der Waals surface area contributed by atoms with E-state index in [2.05, 4.69) is 15.6 Å². The highest BCUT2D eigenvalue weighted by molar-refractivity contribution is 5.91. The smallest absolute Gasteiger partial charge is 0.244 e. The molecule has 1 aliphatic rings. The normalized spacial score (nSPS) is 14.6. The minimum Gasteiger partial charge on any atom is -0.349 e. The summed E-state index contributed by atoms with van der Waals surface area (Å²) in [5.74, 6) is 0.0377. The van der Waals surface area contributed by atoms with Gasteiger partial charge in [0.1, 0.15) is 18.2 Å². The van der Waals surface area contributed by atoms with E-state index in [1.165, 1.54) is 18.6 Å². The molecule has 0 spiro atoms. The lowest BCUT2D eigenvalue weighted by molar-refractivity contribution is -0.126. The van der Waals surface area contributed by atoms with E-state index >= 15 is 0 Å². The van der Waals surface area contributed by atoms with E-state index in [0.29, 0.717) is 11.5 Å². The SMILES string of the molecule is O=C(Cn1c(CNC(=O)C2CCCCC2)nc2ccccc21)Nc1cccc(F)c1. The molecule has 0 aliphatic heterocycles. The Morgan fingerprint density at radius 1 is 1.07 bits per heavy atom. The third kappa shape index (κ3) is 4.67. The van der Waals surface area contributed by atoms with Crippen LogP contribution >= 0.6 is 0 Å². The zero-order valence-electron chi connectivity index (χ0n) is 16.7. The first kappa shape index (κ1) is 20.1. The average Bonchev–Trinajstić information content (AvgIpc) is 3.10. The van der Waals surface area contributed by atoms with E-state index in [-0.39, 0.29) is 30.8 Å². The number of hydrogen-bond acceptors (Lipinski definition) is 3. The summed E-state index contributed by atoms with van der Waals surface area (Å²) in [6.07, 6.45) is 5.24. The maximum absolute atomic E-state index is 13.4. The predicted molar refractivity (Wildman–Crippen MR) is 113 cm³/mol. The Kier molecular flexibility index (Phi) is 6.07. The zero-order chi connectivity index (χ0) is 20.9. The van der Waals surface area contributed by atoms with Crippen LogP contribution in [0.5, 0.6) is 0 Å². The summed E-state index contributed by atoms with van der Waals surface area (Å²) >= 11 is 0. The largest absolute Gasteiger partial charge is 0.349 e. The number of carbonyl (C=O) groups excluding carboxylic acids is 2. The molecule has 4 rings (SSSR count). The van der Waals surface area contributed by atoms with Gasteiger partial charge in [-0.25, -0.2) is 9.37 Å². The first-order chi connectivity index (χ1) is 14.6. The molecule has 1 aromatic heterocycles. The van der Waals surface area contributed by atoms with Gasteiger partial charge in [0.15, 0.2) is 0 Å². The lowest BCUT2D eigenvalue weighted by Crippen LogP contribution is -2.32. The minimum atomic E-state index is -0.410. The summed E-state index contributed by atoms with van der Waals surface area (Å²) in [5, 5.41) is 5.71. The van der Waals surface area contributed by atoms with Crippen molar-refractivity contribution in [2.45, 2.75) is 45.2 Å². The first-order valence-electron chi connectivity index (χ1n) is 10.4. The number of halogens is 1. The van der Waals surface area contributed by atoms with Gasteiger partial charge in [0.25, 0.3) is 0 Å². The van der Waals surface area contributed by atoms with Crippen LogP contribution in [0.15, 0.2) is 48.5 Å². The summed E-state index contributed by atoms with van der Waals surface area (Å²) in [5.41, 5.74) is 1.98. The van der Waals surface area contributed by atoms with Crippen LogP contribution < -0.4 is 10.6 Å². The Morgan fingerprint density at radius 2 is 1.87 bits per heavy atom. The number of para-hydroxylation sites is 2. The minimum absolute atomic E-state index is 0.0195. The molecule has 1 saturated carbocycles. The van der Waals surface area contributed by atoms with Gasteiger partial charge < -0.3 is 15.2 Å². The number of rotatable bonds is 6. The van der Waals surface area contributed by atoms with Gasteiger partial charge in [0, 0.05) is 11.6 Å². The predicted octanol–water partition coefficient (Wildman–Crippen LogP) is 4.01. The maximum atomic E-state index is 13.4. The van der Waals surface area contributed by atoms with E-state index in [0.717, 1.165) is 36.7 Å². The number of fused-ring (bicyclic) bond motifs is 1. The first-order valence-corrected chi connectivity index (χ1v) is 10.4. The second-order valence-corrected chi connectivity index (χ2v) is 7.71. The number of aromatic nitrogens is 2. The van der Waals surface area contributed by atoms with Crippen molar-refractivity contribution in [3.05, 3.63) is 60.2 Å². The number of hydrogen-bond donors (Lipinski definition) is 2. The van der Waals surface area contributed by atoms with Crippen LogP contribution in [-0.4, -0.2) is 21.4 Å². The zero-order valence-corrected chi connectivity index (χ0v) is 16.7. The number of amides is 2. The molecule has 0 saturated heterocycles. The fourth-order valence-corrected chi connectivity index (χ4v) is 4.02. The molecule has 2 aromatic carbocycles. The molecular formula is C23H25FN4O2. The Morgan fingerprint density at radius 3 is 2.67 bits per heavy atom. The quantitative estimate of drug-likeness (QED) is 0.647. The van der Waals surface area contributed by atoms with E-state index in [1.807, 2.05) is 24.3 Å². The molecule has 0 radical (unpaired) electrons. The molecule has 30 heavy (non-hydrogen) atoms. The van der Waals surface area contributed by atoms with Gasteiger partial charge in [0.2, 0.25) is 11.8 Å². The number of nitrogens with one attached hydrogen (secondary N) is 2. The topological polar surface area (TPSA) is 76.0 Å². The highest BCUT2D eigenvalue weighted by Crippen LogP contribution is 2.24. The fourth-order valence-electron chi connectivity index (χ4n) is 4.02. The van der Waals surface area contributed by atoms with Crippen molar-refractivity contribution in [1.29, 1.82) is 0 Å². The van der Waals surface area contributed by atoms with Crippen LogP contribution in [0.2, 0.25) is 0 Å². The molecule has 2 N–H and O–H groups in total. The fraction of sp³-hybridized carbons (Fsp3) is 0.348. The monoisotopic (exact) mass is 408 g/mol. The van der Waals surface area contributed by atoms with Crippen molar-refractivity contribution in [2.24, 2.45) is 5.92 Å². The van der Waals surface area contributed by atoms with Gasteiger partial charge in [-0.15, -0.1) is 0 Å². The molecular weight excluding hydrogens is 383 g/mol. The highest BCUT2D eigenvalue weighted by atomic mass is 19.1. The molecule has 7 heteroatoms. The van der Waals surface area contributed by atoms with Crippen LogP contribution in [0.1, 0.15) is 37.9 Å². The molecule has 1 aliphatic carbocycles. The van der Waals surface area contributed by atoms with Crippen LogP contribution in [0, 0.1) is 11.7 Å². The van der Waals surface area contributed by atoms with Gasteiger partial charge in [-0.3, -0.25) is 9.59 Å². The third-order valence-corrected chi connectivity index (χ3v) is 5.54. The van der Waals surface area contributed by atoms with Crippen molar-refractivity contribution in [1.82, 2.24) is 14.9 Å². The second-order valence-electron chi connectivity index (χ2n) is 7.71. The number of carbonyl (C=O) groups is 2. The van der Waals surface area contributed by atoms with Crippen molar-refractivity contribution >= 4 is 28.5 Å². The molecule has 1 fully saturated rings. The Bertz CT molecular complexity index is 1060. The average molecular weight is 408 g/mol. The highest BCUT2D eigenvalue weighted by Gasteiger charge is 2.22. The van der Waals surface area contributed by atoms with Gasteiger partial charge in [-0.05, 0) is 43.2 Å². The van der Waals surface area contributed by atoms with Crippen LogP contribution in [-0.2, 0) is 22.7 Å². The molecule has 1 heterocycles. The van der Waals surface area contributed by atoms with Gasteiger partial charge in [-0.2, -0.15) is 0 Å². The summed E-state index contributed by atoms with van der Waals surface area (Å²) < 4.78 is 15.2. The van der Waals surface area contributed by atoms with E-state index < -0.39 is 5.82 Å². The van der Waals surface area contributed by atoms with E-state index in [1.54, 1.807) is 16.7 Å². The molecule has 156 valence electrons. The maximum Gasteiger partial charge on any atom is 0.244 e. The van der Waals surface area contributed by atoms with Crippen LogP contribution in [0.25, 0.3) is 11.0 Å². The van der Waals surface area contributed by atoms with E-state index in [9.17, 15) is 14.0 Å². The van der Waals surface area contributed by atoms with Crippen LogP contribution in [0.4, 0.5) is 10.1 Å². The van der Waals surface area contributed by atoms with Crippen molar-refractivity contribution in [2.75, 3.05) is 5.32 Å². The number of nitrogens with zero attached hydrogens (tertiary/aromatic N) is 2. The second kappa shape index (κ2) is 9.07. The van der Waals surface area contributed by atoms with Crippen LogP contribution in [0.3, 0.4) is 0 Å². The summed E-state index contributed by atoms with van der Waals surface area (Å²) in [6, 6.07) is 13.3.